The van der Waals surface area contributed by atoms with Gasteiger partial charge in [0.2, 0.25) is 5.72 Å². The van der Waals surface area contributed by atoms with Gasteiger partial charge in [0.05, 0.1) is 0 Å². The van der Waals surface area contributed by atoms with Gasteiger partial charge < -0.3 is 15.1 Å². The molecule has 2 N–H and O–H groups in total. The summed E-state index contributed by atoms with van der Waals surface area (Å²) in [6.45, 7) is 0.155. The minimum absolute atomic E-state index is 0.155. The summed E-state index contributed by atoms with van der Waals surface area (Å²) in [5, 5.41) is 20.3. The van der Waals surface area contributed by atoms with Gasteiger partial charge in [0.25, 0.3) is 11.8 Å². The predicted octanol–water partition coefficient (Wildman–Crippen LogP) is -0.219. The second-order valence-corrected chi connectivity index (χ2v) is 5.29. The molecule has 2 saturated heterocycles. The molecule has 6 heteroatoms. The highest BCUT2D eigenvalue weighted by Gasteiger charge is 2.60. The highest BCUT2D eigenvalue weighted by molar-refractivity contribution is 6.08. The lowest BCUT2D eigenvalue weighted by atomic mass is 10.0. The van der Waals surface area contributed by atoms with Gasteiger partial charge in [-0.25, -0.2) is 0 Å². The SMILES string of the molecule is CN1C(=O)C2(O)C(O)CCN2C(=O)C1=Cc1ccccc1. The minimum atomic E-state index is -2.14. The second kappa shape index (κ2) is 4.68. The zero-order chi connectivity index (χ0) is 15.2. The topological polar surface area (TPSA) is 81.1 Å². The molecule has 0 saturated carbocycles. The summed E-state index contributed by atoms with van der Waals surface area (Å²) in [6, 6.07) is 9.15. The van der Waals surface area contributed by atoms with E-state index in [1.165, 1.54) is 7.05 Å². The van der Waals surface area contributed by atoms with Crippen LogP contribution in [0.3, 0.4) is 0 Å². The normalized spacial score (nSPS) is 31.0. The van der Waals surface area contributed by atoms with E-state index in [4.69, 9.17) is 0 Å². The van der Waals surface area contributed by atoms with Crippen molar-refractivity contribution in [2.45, 2.75) is 18.2 Å². The van der Waals surface area contributed by atoms with Gasteiger partial charge in [0.1, 0.15) is 11.8 Å². The van der Waals surface area contributed by atoms with E-state index in [1.807, 2.05) is 30.3 Å². The van der Waals surface area contributed by atoms with Crippen molar-refractivity contribution in [3.63, 3.8) is 0 Å². The van der Waals surface area contributed by atoms with E-state index < -0.39 is 23.6 Å². The third-order valence-corrected chi connectivity index (χ3v) is 4.05. The minimum Gasteiger partial charge on any atom is -0.387 e. The summed E-state index contributed by atoms with van der Waals surface area (Å²) >= 11 is 0. The van der Waals surface area contributed by atoms with E-state index in [2.05, 4.69) is 0 Å². The number of rotatable bonds is 1. The smallest absolute Gasteiger partial charge is 0.283 e. The molecule has 110 valence electrons. The highest BCUT2D eigenvalue weighted by atomic mass is 16.4. The maximum absolute atomic E-state index is 12.5. The summed E-state index contributed by atoms with van der Waals surface area (Å²) in [7, 11) is 1.43. The van der Waals surface area contributed by atoms with E-state index in [1.54, 1.807) is 6.08 Å². The maximum Gasteiger partial charge on any atom is 0.283 e. The number of benzene rings is 1. The first-order valence-corrected chi connectivity index (χ1v) is 6.73. The molecule has 0 radical (unpaired) electrons. The molecule has 0 aliphatic carbocycles. The van der Waals surface area contributed by atoms with Crippen LogP contribution in [0.5, 0.6) is 0 Å². The molecule has 0 aromatic heterocycles. The van der Waals surface area contributed by atoms with Gasteiger partial charge in [0.15, 0.2) is 0 Å². The lowest BCUT2D eigenvalue weighted by Crippen LogP contribution is -2.67. The number of amides is 2. The Bertz CT molecular complexity index is 628. The Morgan fingerprint density at radius 2 is 1.95 bits per heavy atom. The molecular weight excluding hydrogens is 272 g/mol. The fourth-order valence-corrected chi connectivity index (χ4v) is 2.82. The summed E-state index contributed by atoms with van der Waals surface area (Å²) in [5.74, 6) is -1.14. The molecule has 21 heavy (non-hydrogen) atoms. The standard InChI is InChI=1S/C15H16N2O4/c1-16-11(9-10-5-3-2-4-6-10)13(19)17-8-7-12(18)15(17,21)14(16)20/h2-6,9,12,18,21H,7-8H2,1H3. The van der Waals surface area contributed by atoms with E-state index in [0.717, 1.165) is 15.4 Å². The summed E-state index contributed by atoms with van der Waals surface area (Å²) in [6.07, 6.45) is 0.528. The van der Waals surface area contributed by atoms with Crippen molar-refractivity contribution in [2.24, 2.45) is 0 Å². The van der Waals surface area contributed by atoms with Crippen LogP contribution in [0.1, 0.15) is 12.0 Å². The Balaban J connectivity index is 2.04. The zero-order valence-corrected chi connectivity index (χ0v) is 11.6. The Kier molecular flexibility index (Phi) is 3.07. The van der Waals surface area contributed by atoms with Crippen molar-refractivity contribution in [1.82, 2.24) is 9.80 Å². The number of hydrogen-bond acceptors (Lipinski definition) is 4. The van der Waals surface area contributed by atoms with Gasteiger partial charge >= 0.3 is 0 Å². The number of fused-ring (bicyclic) bond motifs is 1. The van der Waals surface area contributed by atoms with Gasteiger partial charge in [-0.1, -0.05) is 30.3 Å². The average molecular weight is 288 g/mol. The largest absolute Gasteiger partial charge is 0.387 e. The van der Waals surface area contributed by atoms with Crippen LogP contribution in [0.15, 0.2) is 36.0 Å². The zero-order valence-electron chi connectivity index (χ0n) is 11.6. The third-order valence-electron chi connectivity index (χ3n) is 4.05. The van der Waals surface area contributed by atoms with Crippen LogP contribution in [0.4, 0.5) is 0 Å². The van der Waals surface area contributed by atoms with Crippen LogP contribution in [-0.2, 0) is 9.59 Å². The molecule has 3 rings (SSSR count). The molecule has 2 aliphatic rings. The molecule has 0 spiro atoms. The first-order chi connectivity index (χ1) is 9.96. The monoisotopic (exact) mass is 288 g/mol. The van der Waals surface area contributed by atoms with Crippen molar-refractivity contribution in [3.8, 4) is 0 Å². The van der Waals surface area contributed by atoms with E-state index >= 15 is 0 Å². The molecule has 2 atom stereocenters. The average Bonchev–Trinajstić information content (AvgIpc) is 2.80. The summed E-state index contributed by atoms with van der Waals surface area (Å²) in [4.78, 5) is 27.0. The molecule has 0 bridgehead atoms. The van der Waals surface area contributed by atoms with E-state index in [9.17, 15) is 19.8 Å². The number of hydrogen-bond donors (Lipinski definition) is 2. The number of piperazine rings is 1. The van der Waals surface area contributed by atoms with Crippen LogP contribution in [0.2, 0.25) is 0 Å². The molecule has 1 aromatic rings. The first-order valence-electron chi connectivity index (χ1n) is 6.73. The predicted molar refractivity (Wildman–Crippen MR) is 74.5 cm³/mol. The van der Waals surface area contributed by atoms with Gasteiger partial charge in [0, 0.05) is 13.6 Å². The fourth-order valence-electron chi connectivity index (χ4n) is 2.82. The van der Waals surface area contributed by atoms with Gasteiger partial charge in [-0.05, 0) is 18.1 Å². The lowest BCUT2D eigenvalue weighted by molar-refractivity contribution is -0.194. The van der Waals surface area contributed by atoms with Crippen molar-refractivity contribution >= 4 is 17.9 Å². The van der Waals surface area contributed by atoms with Crippen LogP contribution in [0.25, 0.3) is 6.08 Å². The molecule has 2 unspecified atom stereocenters. The van der Waals surface area contributed by atoms with E-state index in [-0.39, 0.29) is 18.7 Å². The van der Waals surface area contributed by atoms with Crippen LogP contribution in [0, 0.1) is 0 Å². The highest BCUT2D eigenvalue weighted by Crippen LogP contribution is 2.35. The van der Waals surface area contributed by atoms with Crippen LogP contribution < -0.4 is 0 Å². The van der Waals surface area contributed by atoms with Gasteiger partial charge in [-0.15, -0.1) is 0 Å². The quantitative estimate of drug-likeness (QED) is 0.700. The lowest BCUT2D eigenvalue weighted by Gasteiger charge is -2.42. The first kappa shape index (κ1) is 13.8. The summed E-state index contributed by atoms with van der Waals surface area (Å²) < 4.78 is 0. The van der Waals surface area contributed by atoms with Crippen LogP contribution >= 0.6 is 0 Å². The number of carbonyl (C=O) groups is 2. The second-order valence-electron chi connectivity index (χ2n) is 5.29. The van der Waals surface area contributed by atoms with Crippen molar-refractivity contribution in [1.29, 1.82) is 0 Å². The summed E-state index contributed by atoms with van der Waals surface area (Å²) in [5.41, 5.74) is -1.17. The fraction of sp³-hybridized carbons (Fsp3) is 0.333. The Morgan fingerprint density at radius 1 is 1.29 bits per heavy atom. The third kappa shape index (κ3) is 1.87. The molecule has 2 aliphatic heterocycles. The van der Waals surface area contributed by atoms with Crippen LogP contribution in [-0.4, -0.2) is 57.2 Å². The van der Waals surface area contributed by atoms with Crippen molar-refractivity contribution < 1.29 is 19.8 Å². The van der Waals surface area contributed by atoms with E-state index in [0.29, 0.717) is 0 Å². The molecule has 6 nitrogen and oxygen atoms in total. The number of aliphatic hydroxyl groups excluding tert-OH is 1. The Labute approximate surface area is 121 Å². The number of aliphatic hydroxyl groups is 2. The number of nitrogens with zero attached hydrogens (tertiary/aromatic N) is 2. The molecule has 2 amide bonds. The number of likely N-dealkylation sites (N-methyl/N-ethyl adjacent to an activating group) is 1. The van der Waals surface area contributed by atoms with Gasteiger partial charge in [-0.2, -0.15) is 0 Å². The Morgan fingerprint density at radius 3 is 2.62 bits per heavy atom. The molecule has 1 aromatic carbocycles. The molecule has 2 fully saturated rings. The molecular formula is C15H16N2O4. The maximum atomic E-state index is 12.5. The van der Waals surface area contributed by atoms with Crippen molar-refractivity contribution in [2.75, 3.05) is 13.6 Å². The number of carbonyl (C=O) groups excluding carboxylic acids is 2. The van der Waals surface area contributed by atoms with Crippen molar-refractivity contribution in [3.05, 3.63) is 41.6 Å². The van der Waals surface area contributed by atoms with Gasteiger partial charge in [-0.3, -0.25) is 14.5 Å². The Hall–Kier alpha value is -2.18. The molecule has 2 heterocycles.